The molecule has 0 aromatic heterocycles. The van der Waals surface area contributed by atoms with Gasteiger partial charge >= 0.3 is 0 Å². The molecule has 2 aliphatic heterocycles. The highest BCUT2D eigenvalue weighted by atomic mass is 16.1. The minimum Gasteiger partial charge on any atom is -0.353 e. The number of carbonyl (C=O) groups excluding carboxylic acids is 1. The Morgan fingerprint density at radius 2 is 1.92 bits per heavy atom. The molecule has 2 aliphatic rings. The molecule has 1 amide bonds. The van der Waals surface area contributed by atoms with Crippen LogP contribution in [-0.2, 0) is 4.79 Å². The van der Waals surface area contributed by atoms with E-state index in [0.717, 1.165) is 12.8 Å². The predicted molar refractivity (Wildman–Crippen MR) is 46.8 cm³/mol. The average Bonchev–Trinajstić information content (AvgIpc) is 2.29. The fourth-order valence-corrected chi connectivity index (χ4v) is 2.46. The lowest BCUT2D eigenvalue weighted by Crippen LogP contribution is -2.47. The first-order valence-corrected chi connectivity index (χ1v) is 4.77. The van der Waals surface area contributed by atoms with E-state index < -0.39 is 0 Å². The standard InChI is InChI=1S/C9H16N2O/c1-6(12)10-9-4-7-2-3-8(5-9)11-7/h7-9,11H,2-5H2,1H3,(H,10,12)/t7-,8+,9-. The Morgan fingerprint density at radius 1 is 1.33 bits per heavy atom. The van der Waals surface area contributed by atoms with Gasteiger partial charge in [0.2, 0.25) is 5.91 Å². The number of amides is 1. The zero-order valence-electron chi connectivity index (χ0n) is 7.47. The summed E-state index contributed by atoms with van der Waals surface area (Å²) in [6, 6.07) is 1.77. The molecular formula is C9H16N2O. The SMILES string of the molecule is CC(=O)N[C@@H]1C[C@H]2CC[C@@H](C1)N2. The highest BCUT2D eigenvalue weighted by Crippen LogP contribution is 2.26. The molecule has 2 bridgehead atoms. The molecule has 0 aromatic carbocycles. The molecule has 2 heterocycles. The molecule has 2 fully saturated rings. The number of fused-ring (bicyclic) bond motifs is 2. The number of piperidine rings is 1. The fourth-order valence-electron chi connectivity index (χ4n) is 2.46. The van der Waals surface area contributed by atoms with Crippen molar-refractivity contribution < 1.29 is 4.79 Å². The second kappa shape index (κ2) is 3.05. The van der Waals surface area contributed by atoms with Crippen LogP contribution in [0.1, 0.15) is 32.6 Å². The monoisotopic (exact) mass is 168 g/mol. The smallest absolute Gasteiger partial charge is 0.217 e. The summed E-state index contributed by atoms with van der Waals surface area (Å²) in [6.07, 6.45) is 4.83. The number of hydrogen-bond donors (Lipinski definition) is 2. The third-order valence-corrected chi connectivity index (χ3v) is 2.88. The molecule has 68 valence electrons. The molecule has 3 nitrogen and oxygen atoms in total. The quantitative estimate of drug-likeness (QED) is 0.595. The molecule has 0 radical (unpaired) electrons. The summed E-state index contributed by atoms with van der Waals surface area (Å²) >= 11 is 0. The second-order valence-electron chi connectivity index (χ2n) is 4.01. The van der Waals surface area contributed by atoms with Gasteiger partial charge in [-0.3, -0.25) is 4.79 Å². The van der Waals surface area contributed by atoms with E-state index in [1.807, 2.05) is 0 Å². The van der Waals surface area contributed by atoms with Crippen molar-refractivity contribution in [2.45, 2.75) is 50.7 Å². The van der Waals surface area contributed by atoms with E-state index in [-0.39, 0.29) is 5.91 Å². The Kier molecular flexibility index (Phi) is 2.05. The van der Waals surface area contributed by atoms with Gasteiger partial charge in [0.15, 0.2) is 0 Å². The summed E-state index contributed by atoms with van der Waals surface area (Å²) in [4.78, 5) is 10.8. The molecule has 3 atom stereocenters. The highest BCUT2D eigenvalue weighted by molar-refractivity contribution is 5.73. The first-order valence-electron chi connectivity index (χ1n) is 4.77. The van der Waals surface area contributed by atoms with E-state index in [1.165, 1.54) is 12.8 Å². The van der Waals surface area contributed by atoms with Gasteiger partial charge in [-0.1, -0.05) is 0 Å². The minimum atomic E-state index is 0.112. The van der Waals surface area contributed by atoms with E-state index >= 15 is 0 Å². The van der Waals surface area contributed by atoms with Crippen LogP contribution >= 0.6 is 0 Å². The number of hydrogen-bond acceptors (Lipinski definition) is 2. The summed E-state index contributed by atoms with van der Waals surface area (Å²) < 4.78 is 0. The third-order valence-electron chi connectivity index (χ3n) is 2.88. The van der Waals surface area contributed by atoms with Crippen molar-refractivity contribution in [2.24, 2.45) is 0 Å². The maximum Gasteiger partial charge on any atom is 0.217 e. The topological polar surface area (TPSA) is 41.1 Å². The lowest BCUT2D eigenvalue weighted by Gasteiger charge is -2.29. The van der Waals surface area contributed by atoms with Gasteiger partial charge in [-0.25, -0.2) is 0 Å². The van der Waals surface area contributed by atoms with Gasteiger partial charge in [0.1, 0.15) is 0 Å². The second-order valence-corrected chi connectivity index (χ2v) is 4.01. The van der Waals surface area contributed by atoms with Crippen molar-refractivity contribution in [2.75, 3.05) is 0 Å². The van der Waals surface area contributed by atoms with Crippen LogP contribution in [-0.4, -0.2) is 24.0 Å². The summed E-state index contributed by atoms with van der Waals surface area (Å²) in [7, 11) is 0. The summed E-state index contributed by atoms with van der Waals surface area (Å²) in [5.41, 5.74) is 0. The molecule has 2 saturated heterocycles. The molecule has 0 unspecified atom stereocenters. The zero-order chi connectivity index (χ0) is 8.55. The van der Waals surface area contributed by atoms with Crippen LogP contribution in [0.4, 0.5) is 0 Å². The van der Waals surface area contributed by atoms with Crippen LogP contribution in [0.15, 0.2) is 0 Å². The van der Waals surface area contributed by atoms with E-state index in [2.05, 4.69) is 10.6 Å². The summed E-state index contributed by atoms with van der Waals surface area (Å²) in [6.45, 7) is 1.60. The van der Waals surface area contributed by atoms with Crippen LogP contribution in [0.5, 0.6) is 0 Å². The van der Waals surface area contributed by atoms with Crippen LogP contribution in [0.25, 0.3) is 0 Å². The first kappa shape index (κ1) is 8.05. The number of nitrogens with one attached hydrogen (secondary N) is 2. The lowest BCUT2D eigenvalue weighted by atomic mass is 10.00. The van der Waals surface area contributed by atoms with Crippen LogP contribution in [0.3, 0.4) is 0 Å². The van der Waals surface area contributed by atoms with Crippen molar-refractivity contribution >= 4 is 5.91 Å². The maximum atomic E-state index is 10.8. The molecule has 0 saturated carbocycles. The van der Waals surface area contributed by atoms with Gasteiger partial charge in [0.25, 0.3) is 0 Å². The van der Waals surface area contributed by atoms with E-state index in [1.54, 1.807) is 6.92 Å². The molecule has 0 aromatic rings. The van der Waals surface area contributed by atoms with Crippen LogP contribution in [0.2, 0.25) is 0 Å². The van der Waals surface area contributed by atoms with Gasteiger partial charge < -0.3 is 10.6 Å². The zero-order valence-corrected chi connectivity index (χ0v) is 7.47. The van der Waals surface area contributed by atoms with Gasteiger partial charge in [-0.2, -0.15) is 0 Å². The Hall–Kier alpha value is -0.570. The highest BCUT2D eigenvalue weighted by Gasteiger charge is 2.33. The van der Waals surface area contributed by atoms with E-state index in [4.69, 9.17) is 0 Å². The van der Waals surface area contributed by atoms with Crippen molar-refractivity contribution in [3.05, 3.63) is 0 Å². The predicted octanol–water partition coefficient (Wildman–Crippen LogP) is 0.406. The van der Waals surface area contributed by atoms with Gasteiger partial charge in [-0.05, 0) is 25.7 Å². The third kappa shape index (κ3) is 1.61. The Bertz CT molecular complexity index is 181. The number of carbonyl (C=O) groups is 1. The fraction of sp³-hybridized carbons (Fsp3) is 0.889. The molecule has 2 rings (SSSR count). The average molecular weight is 168 g/mol. The van der Waals surface area contributed by atoms with Crippen LogP contribution < -0.4 is 10.6 Å². The Balaban J connectivity index is 1.89. The Labute approximate surface area is 72.9 Å². The van der Waals surface area contributed by atoms with E-state index in [9.17, 15) is 4.79 Å². The molecule has 0 spiro atoms. The van der Waals surface area contributed by atoms with Gasteiger partial charge in [0.05, 0.1) is 0 Å². The van der Waals surface area contributed by atoms with Crippen molar-refractivity contribution in [3.8, 4) is 0 Å². The van der Waals surface area contributed by atoms with Crippen molar-refractivity contribution in [1.29, 1.82) is 0 Å². The maximum absolute atomic E-state index is 10.8. The van der Waals surface area contributed by atoms with Crippen molar-refractivity contribution in [3.63, 3.8) is 0 Å². The first-order chi connectivity index (χ1) is 5.74. The lowest BCUT2D eigenvalue weighted by molar-refractivity contribution is -0.119. The van der Waals surface area contributed by atoms with E-state index in [0.29, 0.717) is 18.1 Å². The summed E-state index contributed by atoms with van der Waals surface area (Å²) in [5, 5.41) is 6.55. The molecule has 3 heteroatoms. The van der Waals surface area contributed by atoms with Gasteiger partial charge in [0, 0.05) is 25.0 Å². The normalized spacial score (nSPS) is 39.6. The van der Waals surface area contributed by atoms with Crippen LogP contribution in [0, 0.1) is 0 Å². The molecule has 0 aliphatic carbocycles. The minimum absolute atomic E-state index is 0.112. The largest absolute Gasteiger partial charge is 0.353 e. The molecular weight excluding hydrogens is 152 g/mol. The van der Waals surface area contributed by atoms with Gasteiger partial charge in [-0.15, -0.1) is 0 Å². The van der Waals surface area contributed by atoms with Crippen molar-refractivity contribution in [1.82, 2.24) is 10.6 Å². The summed E-state index contributed by atoms with van der Waals surface area (Å²) in [5.74, 6) is 0.112. The molecule has 2 N–H and O–H groups in total. The number of rotatable bonds is 1. The molecule has 12 heavy (non-hydrogen) atoms. The Morgan fingerprint density at radius 3 is 2.42 bits per heavy atom.